The van der Waals surface area contributed by atoms with E-state index >= 15 is 0 Å². The average Bonchev–Trinajstić information content (AvgIpc) is 3.53. The second kappa shape index (κ2) is 10.0. The molecular weight excluding hydrogens is 584 g/mol. The highest BCUT2D eigenvalue weighted by Crippen LogP contribution is 2.64. The van der Waals surface area contributed by atoms with Crippen molar-refractivity contribution in [2.75, 3.05) is 20.1 Å². The Morgan fingerprint density at radius 1 is 1.27 bits per heavy atom. The number of likely N-dealkylation sites (N-methyl/N-ethyl adjacent to an activating group) is 1. The van der Waals surface area contributed by atoms with E-state index < -0.39 is 0 Å². The predicted octanol–water partition coefficient (Wildman–Crippen LogP) is 6.35. The Bertz CT molecular complexity index is 1490. The van der Waals surface area contributed by atoms with E-state index in [-0.39, 0.29) is 29.2 Å². The summed E-state index contributed by atoms with van der Waals surface area (Å²) in [5.74, 6) is 1.38. The third-order valence-electron chi connectivity index (χ3n) is 10.1. The van der Waals surface area contributed by atoms with Crippen molar-refractivity contribution in [3.05, 3.63) is 85.5 Å². The van der Waals surface area contributed by atoms with Crippen molar-refractivity contribution in [3.63, 3.8) is 0 Å². The number of benzene rings is 2. The fourth-order valence-electron chi connectivity index (χ4n) is 8.31. The number of carbonyl (C=O) groups is 1. The van der Waals surface area contributed by atoms with Crippen molar-refractivity contribution in [1.29, 1.82) is 0 Å². The number of hydrogen-bond donors (Lipinski definition) is 1. The van der Waals surface area contributed by atoms with Gasteiger partial charge in [-0.15, -0.1) is 11.3 Å². The zero-order chi connectivity index (χ0) is 27.6. The van der Waals surface area contributed by atoms with Gasteiger partial charge in [-0.3, -0.25) is 9.69 Å². The summed E-state index contributed by atoms with van der Waals surface area (Å²) < 4.78 is 7.82. The fourth-order valence-corrected chi connectivity index (χ4v) is 9.64. The van der Waals surface area contributed by atoms with E-state index in [4.69, 9.17) is 4.74 Å². The molecule has 2 fully saturated rings. The lowest BCUT2D eigenvalue weighted by Gasteiger charge is -2.60. The number of phenols is 1. The third-order valence-corrected chi connectivity index (χ3v) is 11.8. The topological polar surface area (TPSA) is 53.0 Å². The lowest BCUT2D eigenvalue weighted by Crippen LogP contribution is -2.69. The summed E-state index contributed by atoms with van der Waals surface area (Å²) in [4.78, 5) is 19.1. The normalized spacial score (nSPS) is 28.4. The van der Waals surface area contributed by atoms with E-state index in [1.165, 1.54) is 16.7 Å². The number of nitrogens with zero attached hydrogens (tertiary/aromatic N) is 2. The number of ether oxygens (including phenoxy) is 1. The SMILES string of the molecule is Cc1cc(O)c2c3c1C[C@@H]1[C@@H]4CC[C@H](N(C)C(=O)/C=C/c5cc(Br)cs5)[C@H](O2)[C@]34CCN1CCc1ccccc1. The first-order valence-electron chi connectivity index (χ1n) is 14.4. The van der Waals surface area contributed by atoms with Crippen LogP contribution in [-0.4, -0.2) is 59.1 Å². The van der Waals surface area contributed by atoms with Gasteiger partial charge in [0.1, 0.15) is 6.10 Å². The van der Waals surface area contributed by atoms with Gasteiger partial charge in [-0.2, -0.15) is 0 Å². The monoisotopic (exact) mass is 618 g/mol. The van der Waals surface area contributed by atoms with Crippen LogP contribution in [0.5, 0.6) is 11.5 Å². The van der Waals surface area contributed by atoms with E-state index in [1.54, 1.807) is 17.4 Å². The number of rotatable bonds is 6. The molecule has 1 saturated heterocycles. The molecule has 5 nitrogen and oxygen atoms in total. The number of amides is 1. The summed E-state index contributed by atoms with van der Waals surface area (Å²) >= 11 is 5.10. The van der Waals surface area contributed by atoms with Crippen molar-refractivity contribution in [1.82, 2.24) is 9.80 Å². The van der Waals surface area contributed by atoms with Gasteiger partial charge in [-0.25, -0.2) is 0 Å². The van der Waals surface area contributed by atoms with Gasteiger partial charge in [0, 0.05) is 51.4 Å². The van der Waals surface area contributed by atoms with Crippen molar-refractivity contribution >= 4 is 39.2 Å². The van der Waals surface area contributed by atoms with Crippen LogP contribution in [0.25, 0.3) is 6.08 Å². The van der Waals surface area contributed by atoms with E-state index in [0.717, 1.165) is 60.1 Å². The fraction of sp³-hybridized carbons (Fsp3) is 0.424. The lowest BCUT2D eigenvalue weighted by atomic mass is 9.50. The van der Waals surface area contributed by atoms with Crippen LogP contribution in [0.15, 0.2) is 58.4 Å². The van der Waals surface area contributed by atoms with Gasteiger partial charge in [0.05, 0.1) is 6.04 Å². The van der Waals surface area contributed by atoms with E-state index in [1.807, 2.05) is 35.5 Å². The number of carbonyl (C=O) groups excluding carboxylic acids is 1. The highest BCUT2D eigenvalue weighted by molar-refractivity contribution is 9.10. The molecule has 0 radical (unpaired) electrons. The number of aromatic hydroxyl groups is 1. The molecule has 1 spiro atoms. The largest absolute Gasteiger partial charge is 0.504 e. The Morgan fingerprint density at radius 2 is 2.10 bits per heavy atom. The molecule has 1 aromatic heterocycles. The predicted molar refractivity (Wildman–Crippen MR) is 163 cm³/mol. The smallest absolute Gasteiger partial charge is 0.246 e. The van der Waals surface area contributed by atoms with Crippen LogP contribution in [0.4, 0.5) is 0 Å². The quantitative estimate of drug-likeness (QED) is 0.327. The van der Waals surface area contributed by atoms with Crippen LogP contribution in [0.1, 0.15) is 46.4 Å². The molecule has 7 rings (SSSR count). The first-order chi connectivity index (χ1) is 19.4. The molecule has 208 valence electrons. The maximum Gasteiger partial charge on any atom is 0.246 e. The first-order valence-corrected chi connectivity index (χ1v) is 16.0. The molecule has 0 unspecified atom stereocenters. The van der Waals surface area contributed by atoms with Crippen LogP contribution in [-0.2, 0) is 23.1 Å². The average molecular weight is 620 g/mol. The summed E-state index contributed by atoms with van der Waals surface area (Å²) in [6.45, 7) is 4.20. The summed E-state index contributed by atoms with van der Waals surface area (Å²) in [7, 11) is 1.92. The van der Waals surface area contributed by atoms with Crippen LogP contribution < -0.4 is 4.74 Å². The lowest BCUT2D eigenvalue weighted by molar-refractivity contribution is -0.135. The number of hydrogen-bond acceptors (Lipinski definition) is 5. The molecule has 1 amide bonds. The number of piperidine rings is 1. The Kier molecular flexibility index (Phi) is 6.60. The Hall–Kier alpha value is -2.61. The molecule has 4 aliphatic rings. The van der Waals surface area contributed by atoms with E-state index in [0.29, 0.717) is 17.7 Å². The van der Waals surface area contributed by atoms with E-state index in [2.05, 4.69) is 58.1 Å². The maximum atomic E-state index is 13.4. The minimum atomic E-state index is -0.167. The minimum Gasteiger partial charge on any atom is -0.504 e. The molecule has 40 heavy (non-hydrogen) atoms. The molecule has 2 aromatic carbocycles. The molecule has 2 bridgehead atoms. The minimum absolute atomic E-state index is 0.00258. The Labute approximate surface area is 248 Å². The third kappa shape index (κ3) is 4.07. The second-order valence-corrected chi connectivity index (χ2v) is 13.8. The van der Waals surface area contributed by atoms with Gasteiger partial charge in [0.25, 0.3) is 0 Å². The first kappa shape index (κ1) is 26.3. The molecule has 1 N–H and O–H groups in total. The molecular formula is C33H35BrN2O3S. The van der Waals surface area contributed by atoms with Crippen LogP contribution >= 0.6 is 27.3 Å². The Balaban J connectivity index is 1.21. The molecule has 2 aliphatic carbocycles. The summed E-state index contributed by atoms with van der Waals surface area (Å²) in [5.41, 5.74) is 4.99. The number of aryl methyl sites for hydroxylation is 1. The molecule has 7 heteroatoms. The molecule has 3 aromatic rings. The van der Waals surface area contributed by atoms with Crippen LogP contribution in [0.3, 0.4) is 0 Å². The van der Waals surface area contributed by atoms with Crippen molar-refractivity contribution in [2.24, 2.45) is 5.92 Å². The standard InChI is InChI=1S/C33H35BrN2O3S/c1-20-16-28(37)31-30-24(20)18-27-25-9-10-26(35(2)29(38)11-8-23-17-22(34)19-40-23)32(39-31)33(25,30)13-15-36(27)14-12-21-6-4-3-5-7-21/h3-8,11,16-17,19,25-27,32,37H,9-10,12-15,18H2,1-2H3/b11-8+/t25-,26-,27+,32-,33-/m0/s1. The van der Waals surface area contributed by atoms with Gasteiger partial charge in [-0.05, 0) is 102 Å². The van der Waals surface area contributed by atoms with E-state index in [9.17, 15) is 9.90 Å². The summed E-state index contributed by atoms with van der Waals surface area (Å²) in [6, 6.07) is 15.1. The van der Waals surface area contributed by atoms with Gasteiger partial charge < -0.3 is 14.7 Å². The number of halogens is 1. The number of phenolic OH excluding ortho intramolecular Hbond substituents is 1. The summed E-state index contributed by atoms with van der Waals surface area (Å²) in [5, 5.41) is 13.1. The van der Waals surface area contributed by atoms with Gasteiger partial charge in [0.15, 0.2) is 11.5 Å². The summed E-state index contributed by atoms with van der Waals surface area (Å²) in [6.07, 6.45) is 8.46. The molecule has 2 aliphatic heterocycles. The van der Waals surface area contributed by atoms with Crippen LogP contribution in [0.2, 0.25) is 0 Å². The molecule has 1 saturated carbocycles. The van der Waals surface area contributed by atoms with Crippen molar-refractivity contribution < 1.29 is 14.6 Å². The highest BCUT2D eigenvalue weighted by atomic mass is 79.9. The van der Waals surface area contributed by atoms with Gasteiger partial charge in [0.2, 0.25) is 5.91 Å². The second-order valence-electron chi connectivity index (χ2n) is 12.0. The maximum absolute atomic E-state index is 13.4. The Morgan fingerprint density at radius 3 is 2.88 bits per heavy atom. The van der Waals surface area contributed by atoms with Crippen molar-refractivity contribution in [3.8, 4) is 11.5 Å². The number of likely N-dealkylation sites (tertiary alicyclic amines) is 1. The highest BCUT2D eigenvalue weighted by Gasteiger charge is 2.66. The van der Waals surface area contributed by atoms with Crippen LogP contribution in [0, 0.1) is 12.8 Å². The van der Waals surface area contributed by atoms with Gasteiger partial charge in [-0.1, -0.05) is 30.3 Å². The van der Waals surface area contributed by atoms with Crippen molar-refractivity contribution in [2.45, 2.75) is 62.6 Å². The zero-order valence-corrected chi connectivity index (χ0v) is 25.4. The number of thiophene rings is 1. The molecule has 3 heterocycles. The molecule has 5 atom stereocenters. The van der Waals surface area contributed by atoms with Gasteiger partial charge >= 0.3 is 0 Å². The zero-order valence-electron chi connectivity index (χ0n) is 23.0.